The third-order valence-electron chi connectivity index (χ3n) is 3.57. The van der Waals surface area contributed by atoms with Gasteiger partial charge in [-0.05, 0) is 38.5 Å². The highest BCUT2D eigenvalue weighted by molar-refractivity contribution is 7.91. The van der Waals surface area contributed by atoms with E-state index in [9.17, 15) is 8.42 Å². The lowest BCUT2D eigenvalue weighted by Gasteiger charge is -2.10. The van der Waals surface area contributed by atoms with Crippen LogP contribution in [-0.2, 0) is 16.4 Å². The smallest absolute Gasteiger partial charge is 0.154 e. The van der Waals surface area contributed by atoms with Crippen molar-refractivity contribution in [2.24, 2.45) is 0 Å². The zero-order valence-corrected chi connectivity index (χ0v) is 13.7. The molecular formula is C16H23NO3S. The van der Waals surface area contributed by atoms with Gasteiger partial charge in [-0.2, -0.15) is 0 Å². The third-order valence-corrected chi connectivity index (χ3v) is 5.76. The van der Waals surface area contributed by atoms with Gasteiger partial charge in [0.05, 0.1) is 23.1 Å². The topological polar surface area (TPSA) is 48.3 Å². The Morgan fingerprint density at radius 3 is 2.67 bits per heavy atom. The molecule has 0 aliphatic heterocycles. The Hall–Kier alpha value is -1.49. The number of hydrogen-bond donors (Lipinski definition) is 0. The van der Waals surface area contributed by atoms with E-state index in [2.05, 4.69) is 6.92 Å². The minimum atomic E-state index is -3.02. The Kier molecular flexibility index (Phi) is 4.93. The van der Waals surface area contributed by atoms with E-state index in [1.54, 1.807) is 13.8 Å². The second-order valence-electron chi connectivity index (χ2n) is 5.46. The van der Waals surface area contributed by atoms with E-state index in [-0.39, 0.29) is 11.0 Å². The molecule has 0 radical (unpaired) electrons. The first kappa shape index (κ1) is 15.9. The summed E-state index contributed by atoms with van der Waals surface area (Å²) in [6, 6.07) is 7.88. The summed E-state index contributed by atoms with van der Waals surface area (Å²) in [4.78, 5) is 0. The van der Waals surface area contributed by atoms with Gasteiger partial charge in [-0.15, -0.1) is 0 Å². The van der Waals surface area contributed by atoms with Gasteiger partial charge in [-0.3, -0.25) is 0 Å². The second kappa shape index (κ2) is 6.52. The van der Waals surface area contributed by atoms with Crippen LogP contribution < -0.4 is 4.74 Å². The maximum absolute atomic E-state index is 11.9. The number of rotatable bonds is 7. The SMILES string of the molecule is CCCOc1cccc2c1ccn2CCS(=O)(=O)C(C)C. The van der Waals surface area contributed by atoms with E-state index in [4.69, 9.17) is 4.74 Å². The molecule has 0 atom stereocenters. The summed E-state index contributed by atoms with van der Waals surface area (Å²) in [6.07, 6.45) is 2.89. The average molecular weight is 309 g/mol. The van der Waals surface area contributed by atoms with Crippen molar-refractivity contribution in [1.82, 2.24) is 4.57 Å². The first-order valence-electron chi connectivity index (χ1n) is 7.38. The van der Waals surface area contributed by atoms with Gasteiger partial charge in [-0.1, -0.05) is 13.0 Å². The minimum absolute atomic E-state index is 0.161. The van der Waals surface area contributed by atoms with Crippen molar-refractivity contribution in [1.29, 1.82) is 0 Å². The Bertz CT molecular complexity index is 701. The molecule has 0 unspecified atom stereocenters. The fraction of sp³-hybridized carbons (Fsp3) is 0.500. The molecule has 5 heteroatoms. The molecule has 1 heterocycles. The number of aromatic nitrogens is 1. The highest BCUT2D eigenvalue weighted by Crippen LogP contribution is 2.26. The largest absolute Gasteiger partial charge is 0.493 e. The number of hydrogen-bond acceptors (Lipinski definition) is 3. The summed E-state index contributed by atoms with van der Waals surface area (Å²) in [6.45, 7) is 6.68. The van der Waals surface area contributed by atoms with Crippen LogP contribution >= 0.6 is 0 Å². The fourth-order valence-electron chi connectivity index (χ4n) is 2.19. The predicted molar refractivity (Wildman–Crippen MR) is 86.6 cm³/mol. The van der Waals surface area contributed by atoms with Gasteiger partial charge in [0.1, 0.15) is 5.75 Å². The number of aryl methyl sites for hydroxylation is 1. The van der Waals surface area contributed by atoms with E-state index in [0.29, 0.717) is 13.2 Å². The molecule has 0 spiro atoms. The molecule has 0 bridgehead atoms. The highest BCUT2D eigenvalue weighted by Gasteiger charge is 2.16. The van der Waals surface area contributed by atoms with E-state index >= 15 is 0 Å². The number of nitrogens with zero attached hydrogens (tertiary/aromatic N) is 1. The first-order chi connectivity index (χ1) is 9.95. The molecule has 0 saturated carbocycles. The number of benzene rings is 1. The summed E-state index contributed by atoms with van der Waals surface area (Å²) in [5.74, 6) is 1.02. The first-order valence-corrected chi connectivity index (χ1v) is 9.09. The summed E-state index contributed by atoms with van der Waals surface area (Å²) in [5.41, 5.74) is 1.02. The van der Waals surface area contributed by atoms with Crippen molar-refractivity contribution < 1.29 is 13.2 Å². The van der Waals surface area contributed by atoms with E-state index in [1.165, 1.54) is 0 Å². The van der Waals surface area contributed by atoms with Gasteiger partial charge < -0.3 is 9.30 Å². The molecule has 1 aromatic carbocycles. The van der Waals surface area contributed by atoms with Crippen LogP contribution in [-0.4, -0.2) is 30.6 Å². The number of fused-ring (bicyclic) bond motifs is 1. The summed E-state index contributed by atoms with van der Waals surface area (Å²) in [5, 5.41) is 0.704. The van der Waals surface area contributed by atoms with Gasteiger partial charge in [0.25, 0.3) is 0 Å². The van der Waals surface area contributed by atoms with Crippen molar-refractivity contribution >= 4 is 20.7 Å². The average Bonchev–Trinajstić information content (AvgIpc) is 2.86. The summed E-state index contributed by atoms with van der Waals surface area (Å²) in [7, 11) is -3.02. The van der Waals surface area contributed by atoms with Crippen LogP contribution in [0.2, 0.25) is 0 Å². The van der Waals surface area contributed by atoms with Gasteiger partial charge >= 0.3 is 0 Å². The quantitative estimate of drug-likeness (QED) is 0.789. The Morgan fingerprint density at radius 2 is 2.00 bits per heavy atom. The van der Waals surface area contributed by atoms with Gasteiger partial charge in [0.15, 0.2) is 9.84 Å². The van der Waals surface area contributed by atoms with Crippen LogP contribution in [0.15, 0.2) is 30.5 Å². The molecule has 2 rings (SSSR count). The maximum Gasteiger partial charge on any atom is 0.154 e. The predicted octanol–water partition coefficient (Wildman–Crippen LogP) is 3.25. The molecule has 21 heavy (non-hydrogen) atoms. The second-order valence-corrected chi connectivity index (χ2v) is 8.14. The van der Waals surface area contributed by atoms with Crippen molar-refractivity contribution in [3.05, 3.63) is 30.5 Å². The maximum atomic E-state index is 11.9. The third kappa shape index (κ3) is 3.59. The Balaban J connectivity index is 2.23. The molecule has 116 valence electrons. The molecule has 0 aliphatic carbocycles. The molecule has 0 aliphatic rings. The molecule has 0 fully saturated rings. The van der Waals surface area contributed by atoms with Crippen LogP contribution in [0.5, 0.6) is 5.75 Å². The Morgan fingerprint density at radius 1 is 1.24 bits per heavy atom. The Labute approximate surface area is 126 Å². The van der Waals surface area contributed by atoms with Gasteiger partial charge in [0.2, 0.25) is 0 Å². The van der Waals surface area contributed by atoms with E-state index in [1.807, 2.05) is 35.0 Å². The van der Waals surface area contributed by atoms with E-state index in [0.717, 1.165) is 23.1 Å². The van der Waals surface area contributed by atoms with Gasteiger partial charge in [0, 0.05) is 18.1 Å². The summed E-state index contributed by atoms with van der Waals surface area (Å²) < 4.78 is 31.6. The highest BCUT2D eigenvalue weighted by atomic mass is 32.2. The molecule has 4 nitrogen and oxygen atoms in total. The lowest BCUT2D eigenvalue weighted by Crippen LogP contribution is -2.20. The molecule has 0 saturated heterocycles. The summed E-state index contributed by atoms with van der Waals surface area (Å²) >= 11 is 0. The number of sulfone groups is 1. The molecule has 1 aromatic heterocycles. The molecule has 2 aromatic rings. The van der Waals surface area contributed by atoms with E-state index < -0.39 is 9.84 Å². The minimum Gasteiger partial charge on any atom is -0.493 e. The van der Waals surface area contributed by atoms with Crippen molar-refractivity contribution in [3.63, 3.8) is 0 Å². The molecule has 0 N–H and O–H groups in total. The van der Waals surface area contributed by atoms with Gasteiger partial charge in [-0.25, -0.2) is 8.42 Å². The zero-order chi connectivity index (χ0) is 15.5. The standard InChI is InChI=1S/C16H23NO3S/c1-4-11-20-16-7-5-6-15-14(16)8-9-17(15)10-12-21(18,19)13(2)3/h5-9,13H,4,10-12H2,1-3H3. The van der Waals surface area contributed by atoms with Crippen LogP contribution in [0.4, 0.5) is 0 Å². The molecule has 0 amide bonds. The van der Waals surface area contributed by atoms with Crippen molar-refractivity contribution in [3.8, 4) is 5.75 Å². The van der Waals surface area contributed by atoms with Crippen LogP contribution in [0.1, 0.15) is 27.2 Å². The van der Waals surface area contributed by atoms with Crippen LogP contribution in [0.3, 0.4) is 0 Å². The van der Waals surface area contributed by atoms with Crippen LogP contribution in [0, 0.1) is 0 Å². The zero-order valence-electron chi connectivity index (χ0n) is 12.9. The molecular weight excluding hydrogens is 286 g/mol. The van der Waals surface area contributed by atoms with Crippen molar-refractivity contribution in [2.75, 3.05) is 12.4 Å². The monoisotopic (exact) mass is 309 g/mol. The normalized spacial score (nSPS) is 12.2. The number of ether oxygens (including phenoxy) is 1. The lowest BCUT2D eigenvalue weighted by molar-refractivity contribution is 0.321. The fourth-order valence-corrected chi connectivity index (χ4v) is 3.11. The lowest BCUT2D eigenvalue weighted by atomic mass is 10.2. The van der Waals surface area contributed by atoms with Crippen LogP contribution in [0.25, 0.3) is 10.9 Å². The van der Waals surface area contributed by atoms with Crippen molar-refractivity contribution in [2.45, 2.75) is 39.0 Å².